The second-order valence-electron chi connectivity index (χ2n) is 4.70. The van der Waals surface area contributed by atoms with Crippen LogP contribution in [0.1, 0.15) is 21.6 Å². The predicted molar refractivity (Wildman–Crippen MR) is 70.6 cm³/mol. The van der Waals surface area contributed by atoms with Gasteiger partial charge in [-0.2, -0.15) is 18.3 Å². The van der Waals surface area contributed by atoms with E-state index in [2.05, 4.69) is 10.4 Å². The molecule has 8 heteroatoms. The maximum Gasteiger partial charge on any atom is 0.435 e. The molecule has 1 heterocycles. The number of aromatic nitrogens is 2. The van der Waals surface area contributed by atoms with E-state index in [0.717, 1.165) is 10.9 Å². The summed E-state index contributed by atoms with van der Waals surface area (Å²) in [6.07, 6.45) is -3.37. The van der Waals surface area contributed by atoms with Crippen molar-refractivity contribution in [1.82, 2.24) is 15.1 Å². The number of nitrogens with one attached hydrogen (secondary N) is 1. The normalized spacial score (nSPS) is 11.5. The fourth-order valence-corrected chi connectivity index (χ4v) is 1.97. The molecule has 118 valence electrons. The van der Waals surface area contributed by atoms with Crippen LogP contribution in [0, 0.1) is 5.82 Å². The van der Waals surface area contributed by atoms with E-state index in [4.69, 9.17) is 0 Å². The lowest BCUT2D eigenvalue weighted by Gasteiger charge is -2.07. The minimum absolute atomic E-state index is 0.0917. The van der Waals surface area contributed by atoms with Crippen LogP contribution in [0.15, 0.2) is 30.5 Å². The Morgan fingerprint density at radius 2 is 2.09 bits per heavy atom. The van der Waals surface area contributed by atoms with E-state index in [-0.39, 0.29) is 6.54 Å². The maximum atomic E-state index is 13.0. The molecule has 0 aliphatic carbocycles. The lowest BCUT2D eigenvalue weighted by molar-refractivity contribution is -0.141. The Kier molecular flexibility index (Phi) is 4.48. The number of benzene rings is 1. The van der Waals surface area contributed by atoms with E-state index in [1.165, 1.54) is 25.2 Å². The van der Waals surface area contributed by atoms with Crippen molar-refractivity contribution in [2.75, 3.05) is 6.54 Å². The number of aryl methyl sites for hydroxylation is 1. The number of alkyl halides is 3. The smallest absolute Gasteiger partial charge is 0.352 e. The average molecular weight is 315 g/mol. The molecule has 0 unspecified atom stereocenters. The Balaban J connectivity index is 2.01. The number of hydrogen-bond donors (Lipinski definition) is 1. The Bertz CT molecular complexity index is 679. The summed E-state index contributed by atoms with van der Waals surface area (Å²) in [5, 5.41) is 5.64. The molecule has 2 rings (SSSR count). The van der Waals surface area contributed by atoms with Crippen LogP contribution in [0.25, 0.3) is 0 Å². The first-order valence-corrected chi connectivity index (χ1v) is 6.41. The monoisotopic (exact) mass is 315 g/mol. The van der Waals surface area contributed by atoms with Crippen molar-refractivity contribution in [3.63, 3.8) is 0 Å². The van der Waals surface area contributed by atoms with Crippen molar-refractivity contribution in [3.8, 4) is 0 Å². The van der Waals surface area contributed by atoms with Crippen molar-refractivity contribution in [3.05, 3.63) is 53.1 Å². The van der Waals surface area contributed by atoms with Gasteiger partial charge in [0.05, 0.1) is 5.56 Å². The van der Waals surface area contributed by atoms with Gasteiger partial charge in [0.25, 0.3) is 5.91 Å². The average Bonchev–Trinajstić information content (AvgIpc) is 2.81. The van der Waals surface area contributed by atoms with Crippen LogP contribution in [0.2, 0.25) is 0 Å². The Hall–Kier alpha value is -2.38. The number of nitrogens with zero attached hydrogens (tertiary/aromatic N) is 2. The van der Waals surface area contributed by atoms with Gasteiger partial charge in [0.1, 0.15) is 5.82 Å². The SMILES string of the molecule is Cn1cc(C(=O)NCCc2cccc(F)c2)c(C(F)(F)F)n1. The number of carbonyl (C=O) groups is 1. The zero-order valence-electron chi connectivity index (χ0n) is 11.6. The van der Waals surface area contributed by atoms with E-state index < -0.39 is 29.2 Å². The molecule has 0 aliphatic heterocycles. The van der Waals surface area contributed by atoms with Crippen molar-refractivity contribution < 1.29 is 22.4 Å². The molecule has 0 saturated carbocycles. The molecule has 0 atom stereocenters. The standard InChI is InChI=1S/C14H13F4N3O/c1-21-8-11(12(20-21)14(16,17)18)13(22)19-6-5-9-3-2-4-10(15)7-9/h2-4,7-8H,5-6H2,1H3,(H,19,22). The van der Waals surface area contributed by atoms with Crippen LogP contribution < -0.4 is 5.32 Å². The summed E-state index contributed by atoms with van der Waals surface area (Å²) >= 11 is 0. The van der Waals surface area contributed by atoms with Gasteiger partial charge in [-0.15, -0.1) is 0 Å². The molecule has 4 nitrogen and oxygen atoms in total. The summed E-state index contributed by atoms with van der Waals surface area (Å²) in [5.74, 6) is -1.27. The molecule has 1 N–H and O–H groups in total. The first-order chi connectivity index (χ1) is 10.3. The molecule has 0 aliphatic rings. The molecule has 0 fully saturated rings. The van der Waals surface area contributed by atoms with Crippen LogP contribution in [0.4, 0.5) is 17.6 Å². The summed E-state index contributed by atoms with van der Waals surface area (Å²) in [6.45, 7) is 0.0917. The van der Waals surface area contributed by atoms with E-state index in [1.54, 1.807) is 6.07 Å². The predicted octanol–water partition coefficient (Wildman–Crippen LogP) is 2.55. The number of halogens is 4. The third kappa shape index (κ3) is 3.84. The quantitative estimate of drug-likeness (QED) is 0.882. The first-order valence-electron chi connectivity index (χ1n) is 6.41. The molecule has 1 aromatic heterocycles. The van der Waals surface area contributed by atoms with Crippen LogP contribution >= 0.6 is 0 Å². The zero-order valence-corrected chi connectivity index (χ0v) is 11.6. The van der Waals surface area contributed by atoms with Crippen molar-refractivity contribution in [1.29, 1.82) is 0 Å². The first kappa shape index (κ1) is 16.0. The van der Waals surface area contributed by atoms with Crippen LogP contribution in [0.3, 0.4) is 0 Å². The summed E-state index contributed by atoms with van der Waals surface area (Å²) in [5.41, 5.74) is -1.12. The van der Waals surface area contributed by atoms with Gasteiger partial charge in [0.15, 0.2) is 5.69 Å². The number of hydrogen-bond acceptors (Lipinski definition) is 2. The summed E-state index contributed by atoms with van der Waals surface area (Å²) in [6, 6.07) is 5.78. The highest BCUT2D eigenvalue weighted by Gasteiger charge is 2.38. The van der Waals surface area contributed by atoms with Gasteiger partial charge in [-0.25, -0.2) is 4.39 Å². The molecule has 0 radical (unpaired) electrons. The molecular formula is C14H13F4N3O. The number of rotatable bonds is 4. The number of amides is 1. The van der Waals surface area contributed by atoms with Gasteiger partial charge in [-0.05, 0) is 24.1 Å². The van der Waals surface area contributed by atoms with E-state index in [1.807, 2.05) is 0 Å². The van der Waals surface area contributed by atoms with Gasteiger partial charge in [-0.3, -0.25) is 9.48 Å². The van der Waals surface area contributed by atoms with E-state index >= 15 is 0 Å². The van der Waals surface area contributed by atoms with Gasteiger partial charge >= 0.3 is 6.18 Å². The molecular weight excluding hydrogens is 302 g/mol. The highest BCUT2D eigenvalue weighted by atomic mass is 19.4. The van der Waals surface area contributed by atoms with Gasteiger partial charge in [0, 0.05) is 19.8 Å². The molecule has 0 bridgehead atoms. The van der Waals surface area contributed by atoms with Crippen LogP contribution in [-0.4, -0.2) is 22.2 Å². The highest BCUT2D eigenvalue weighted by molar-refractivity contribution is 5.95. The van der Waals surface area contributed by atoms with Gasteiger partial charge in [0.2, 0.25) is 0 Å². The lowest BCUT2D eigenvalue weighted by atomic mass is 10.1. The molecule has 22 heavy (non-hydrogen) atoms. The maximum absolute atomic E-state index is 13.0. The fourth-order valence-electron chi connectivity index (χ4n) is 1.97. The second-order valence-corrected chi connectivity index (χ2v) is 4.70. The third-order valence-corrected chi connectivity index (χ3v) is 2.93. The van der Waals surface area contributed by atoms with Crippen molar-refractivity contribution in [2.45, 2.75) is 12.6 Å². The van der Waals surface area contributed by atoms with E-state index in [0.29, 0.717) is 12.0 Å². The molecule has 0 spiro atoms. The summed E-state index contributed by atoms with van der Waals surface area (Å²) in [7, 11) is 1.30. The summed E-state index contributed by atoms with van der Waals surface area (Å²) in [4.78, 5) is 11.8. The van der Waals surface area contributed by atoms with E-state index in [9.17, 15) is 22.4 Å². The topological polar surface area (TPSA) is 46.9 Å². The lowest BCUT2D eigenvalue weighted by Crippen LogP contribution is -2.27. The third-order valence-electron chi connectivity index (χ3n) is 2.93. The van der Waals surface area contributed by atoms with Crippen LogP contribution in [0.5, 0.6) is 0 Å². The fraction of sp³-hybridized carbons (Fsp3) is 0.286. The minimum atomic E-state index is -4.70. The zero-order chi connectivity index (χ0) is 16.3. The molecule has 1 aromatic carbocycles. The van der Waals surface area contributed by atoms with Crippen molar-refractivity contribution in [2.24, 2.45) is 7.05 Å². The molecule has 2 aromatic rings. The largest absolute Gasteiger partial charge is 0.435 e. The minimum Gasteiger partial charge on any atom is -0.352 e. The van der Waals surface area contributed by atoms with Gasteiger partial charge in [-0.1, -0.05) is 12.1 Å². The Morgan fingerprint density at radius 3 is 2.73 bits per heavy atom. The van der Waals surface area contributed by atoms with Crippen molar-refractivity contribution >= 4 is 5.91 Å². The molecule has 1 amide bonds. The Morgan fingerprint density at radius 1 is 1.36 bits per heavy atom. The second kappa shape index (κ2) is 6.17. The van der Waals surface area contributed by atoms with Crippen LogP contribution in [-0.2, 0) is 19.6 Å². The van der Waals surface area contributed by atoms with Gasteiger partial charge < -0.3 is 5.32 Å². The Labute approximate surface area is 123 Å². The highest BCUT2D eigenvalue weighted by Crippen LogP contribution is 2.30. The molecule has 0 saturated heterocycles. The summed E-state index contributed by atoms with van der Waals surface area (Å²) < 4.78 is 52.2. The number of carbonyl (C=O) groups excluding carboxylic acids is 1.